The molecule has 2 aromatic carbocycles. The second-order valence-corrected chi connectivity index (χ2v) is 5.88. The monoisotopic (exact) mass is 293 g/mol. The van der Waals surface area contributed by atoms with Crippen LogP contribution >= 0.6 is 0 Å². The van der Waals surface area contributed by atoms with Crippen molar-refractivity contribution in [3.8, 4) is 22.3 Å². The van der Waals surface area contributed by atoms with Crippen molar-refractivity contribution >= 4 is 0 Å². The fourth-order valence-corrected chi connectivity index (χ4v) is 2.98. The highest BCUT2D eigenvalue weighted by molar-refractivity contribution is 5.85. The fourth-order valence-electron chi connectivity index (χ4n) is 2.98. The van der Waals surface area contributed by atoms with Crippen molar-refractivity contribution in [3.05, 3.63) is 72.3 Å². The van der Waals surface area contributed by atoms with Crippen LogP contribution in [0.4, 0.5) is 4.39 Å². The third-order valence-corrected chi connectivity index (χ3v) is 4.06. The molecule has 0 saturated carbocycles. The lowest BCUT2D eigenvalue weighted by Gasteiger charge is -2.11. The molecule has 0 N–H and O–H groups in total. The van der Waals surface area contributed by atoms with E-state index < -0.39 is 0 Å². The molecule has 0 saturated heterocycles. The van der Waals surface area contributed by atoms with E-state index in [1.54, 1.807) is 0 Å². The minimum absolute atomic E-state index is 0.203. The predicted octanol–water partition coefficient (Wildman–Crippen LogP) is 5.85. The van der Waals surface area contributed by atoms with Crippen molar-refractivity contribution in [1.29, 1.82) is 0 Å². The van der Waals surface area contributed by atoms with Gasteiger partial charge in [-0.2, -0.15) is 0 Å². The summed E-state index contributed by atoms with van der Waals surface area (Å²) < 4.78 is 15.5. The molecule has 3 rings (SSSR count). The van der Waals surface area contributed by atoms with Crippen LogP contribution in [0, 0.1) is 12.7 Å². The molecule has 1 aromatic heterocycles. The van der Waals surface area contributed by atoms with Gasteiger partial charge in [-0.05, 0) is 44.0 Å². The standard InChI is InChI=1S/C20H20FN/c1-14(2)22-13-19(16-7-5-4-6-8-16)20(15(22)3)17-9-11-18(21)12-10-17/h4-14H,1-3H3. The number of hydrogen-bond donors (Lipinski definition) is 0. The Morgan fingerprint density at radius 2 is 1.50 bits per heavy atom. The Bertz CT molecular complexity index is 767. The highest BCUT2D eigenvalue weighted by Gasteiger charge is 2.17. The molecule has 0 aliphatic heterocycles. The molecule has 1 nitrogen and oxygen atoms in total. The van der Waals surface area contributed by atoms with Crippen molar-refractivity contribution in [2.24, 2.45) is 0 Å². The molecule has 112 valence electrons. The van der Waals surface area contributed by atoms with E-state index in [0.717, 1.165) is 5.56 Å². The summed E-state index contributed by atoms with van der Waals surface area (Å²) in [5, 5.41) is 0. The summed E-state index contributed by atoms with van der Waals surface area (Å²) >= 11 is 0. The Kier molecular flexibility index (Phi) is 3.84. The van der Waals surface area contributed by atoms with E-state index in [9.17, 15) is 4.39 Å². The largest absolute Gasteiger partial charge is 0.348 e. The molecule has 0 aliphatic carbocycles. The van der Waals surface area contributed by atoms with Gasteiger partial charge in [0.25, 0.3) is 0 Å². The Balaban J connectivity index is 2.25. The van der Waals surface area contributed by atoms with Crippen LogP contribution in [0.5, 0.6) is 0 Å². The van der Waals surface area contributed by atoms with Crippen molar-refractivity contribution < 1.29 is 4.39 Å². The van der Waals surface area contributed by atoms with Crippen LogP contribution < -0.4 is 0 Å². The Labute approximate surface area is 131 Å². The lowest BCUT2D eigenvalue weighted by Crippen LogP contribution is -2.00. The average molecular weight is 293 g/mol. The van der Waals surface area contributed by atoms with Gasteiger partial charge >= 0.3 is 0 Å². The zero-order chi connectivity index (χ0) is 15.7. The second kappa shape index (κ2) is 5.80. The molecule has 0 unspecified atom stereocenters. The maximum absolute atomic E-state index is 13.3. The number of nitrogens with zero attached hydrogens (tertiary/aromatic N) is 1. The first-order chi connectivity index (χ1) is 10.6. The minimum Gasteiger partial charge on any atom is -0.348 e. The van der Waals surface area contributed by atoms with Gasteiger partial charge in [-0.25, -0.2) is 4.39 Å². The summed E-state index contributed by atoms with van der Waals surface area (Å²) in [6, 6.07) is 17.5. The molecule has 0 radical (unpaired) electrons. The van der Waals surface area contributed by atoms with Gasteiger partial charge in [0.2, 0.25) is 0 Å². The minimum atomic E-state index is -0.203. The summed E-state index contributed by atoms with van der Waals surface area (Å²) in [4.78, 5) is 0. The van der Waals surface area contributed by atoms with E-state index in [4.69, 9.17) is 0 Å². The molecule has 0 fully saturated rings. The predicted molar refractivity (Wildman–Crippen MR) is 90.4 cm³/mol. The van der Waals surface area contributed by atoms with E-state index in [1.165, 1.54) is 34.5 Å². The molecule has 3 aromatic rings. The Morgan fingerprint density at radius 1 is 0.864 bits per heavy atom. The number of rotatable bonds is 3. The zero-order valence-electron chi connectivity index (χ0n) is 13.2. The third kappa shape index (κ3) is 2.57. The Hall–Kier alpha value is -2.35. The van der Waals surface area contributed by atoms with Crippen LogP contribution in [0.1, 0.15) is 25.6 Å². The van der Waals surface area contributed by atoms with Gasteiger partial charge in [-0.3, -0.25) is 0 Å². The molecule has 0 bridgehead atoms. The van der Waals surface area contributed by atoms with Gasteiger partial charge in [0.1, 0.15) is 5.82 Å². The van der Waals surface area contributed by atoms with Crippen molar-refractivity contribution in [2.75, 3.05) is 0 Å². The quantitative estimate of drug-likeness (QED) is 0.571. The average Bonchev–Trinajstić information content (AvgIpc) is 2.87. The van der Waals surface area contributed by atoms with Crippen LogP contribution in [0.15, 0.2) is 60.8 Å². The molecule has 0 atom stereocenters. The normalized spacial score (nSPS) is 11.1. The third-order valence-electron chi connectivity index (χ3n) is 4.06. The van der Waals surface area contributed by atoms with Crippen LogP contribution in [0.25, 0.3) is 22.3 Å². The fraction of sp³-hybridized carbons (Fsp3) is 0.200. The second-order valence-electron chi connectivity index (χ2n) is 5.88. The highest BCUT2D eigenvalue weighted by Crippen LogP contribution is 2.37. The highest BCUT2D eigenvalue weighted by atomic mass is 19.1. The number of benzene rings is 2. The van der Waals surface area contributed by atoms with E-state index in [0.29, 0.717) is 6.04 Å². The lowest BCUT2D eigenvalue weighted by molar-refractivity contribution is 0.590. The van der Waals surface area contributed by atoms with Gasteiger partial charge in [0, 0.05) is 29.1 Å². The van der Waals surface area contributed by atoms with Crippen LogP contribution in [-0.2, 0) is 0 Å². The first-order valence-electron chi connectivity index (χ1n) is 7.60. The van der Waals surface area contributed by atoms with E-state index in [1.807, 2.05) is 30.3 Å². The van der Waals surface area contributed by atoms with Crippen LogP contribution in [-0.4, -0.2) is 4.57 Å². The van der Waals surface area contributed by atoms with Gasteiger partial charge in [-0.15, -0.1) is 0 Å². The van der Waals surface area contributed by atoms with Gasteiger partial charge in [-0.1, -0.05) is 42.5 Å². The zero-order valence-corrected chi connectivity index (χ0v) is 13.2. The van der Waals surface area contributed by atoms with E-state index in [2.05, 4.69) is 43.7 Å². The first kappa shape index (κ1) is 14.6. The number of aromatic nitrogens is 1. The molecule has 22 heavy (non-hydrogen) atoms. The van der Waals surface area contributed by atoms with Crippen LogP contribution in [0.2, 0.25) is 0 Å². The maximum Gasteiger partial charge on any atom is 0.123 e. The molecule has 1 heterocycles. The smallest absolute Gasteiger partial charge is 0.123 e. The van der Waals surface area contributed by atoms with Gasteiger partial charge in [0.05, 0.1) is 0 Å². The molecule has 2 heteroatoms. The SMILES string of the molecule is Cc1c(-c2ccc(F)cc2)c(-c2ccccc2)cn1C(C)C. The summed E-state index contributed by atoms with van der Waals surface area (Å²) in [6.07, 6.45) is 2.20. The van der Waals surface area contributed by atoms with Gasteiger partial charge in [0.15, 0.2) is 0 Å². The molecular formula is C20H20FN. The molecule has 0 spiro atoms. The summed E-state index contributed by atoms with van der Waals surface area (Å²) in [7, 11) is 0. The van der Waals surface area contributed by atoms with Crippen molar-refractivity contribution in [2.45, 2.75) is 26.8 Å². The van der Waals surface area contributed by atoms with Gasteiger partial charge < -0.3 is 4.57 Å². The lowest BCUT2D eigenvalue weighted by atomic mass is 9.97. The molecular weight excluding hydrogens is 273 g/mol. The van der Waals surface area contributed by atoms with E-state index >= 15 is 0 Å². The molecule has 0 amide bonds. The van der Waals surface area contributed by atoms with Crippen molar-refractivity contribution in [3.63, 3.8) is 0 Å². The van der Waals surface area contributed by atoms with Crippen LogP contribution in [0.3, 0.4) is 0 Å². The number of hydrogen-bond acceptors (Lipinski definition) is 0. The summed E-state index contributed by atoms with van der Waals surface area (Å²) in [5.41, 5.74) is 5.82. The van der Waals surface area contributed by atoms with E-state index in [-0.39, 0.29) is 5.82 Å². The summed E-state index contributed by atoms with van der Waals surface area (Å²) in [5.74, 6) is -0.203. The maximum atomic E-state index is 13.3. The summed E-state index contributed by atoms with van der Waals surface area (Å²) in [6.45, 7) is 6.48. The van der Waals surface area contributed by atoms with Crippen molar-refractivity contribution in [1.82, 2.24) is 4.57 Å². The topological polar surface area (TPSA) is 4.93 Å². The first-order valence-corrected chi connectivity index (χ1v) is 7.60. The molecule has 0 aliphatic rings. The Morgan fingerprint density at radius 3 is 2.09 bits per heavy atom. The number of halogens is 1.